The molecule has 3 aliphatic heterocycles. The lowest BCUT2D eigenvalue weighted by molar-refractivity contribution is -0.0161. The minimum absolute atomic E-state index is 0.226. The van der Waals surface area contributed by atoms with Crippen LogP contribution in [0.4, 0.5) is 10.1 Å². The zero-order valence-corrected chi connectivity index (χ0v) is 17.9. The first kappa shape index (κ1) is 22.4. The Hall–Kier alpha value is -1.78. The number of halogens is 1. The molecule has 3 saturated heterocycles. The second-order valence-corrected chi connectivity index (χ2v) is 8.93. The van der Waals surface area contributed by atoms with Gasteiger partial charge in [-0.25, -0.2) is 4.39 Å². The van der Waals surface area contributed by atoms with Crippen molar-refractivity contribution in [1.29, 1.82) is 0 Å². The molecule has 9 heteroatoms. The lowest BCUT2D eigenvalue weighted by Gasteiger charge is -2.38. The molecule has 1 aromatic carbocycles. The van der Waals surface area contributed by atoms with Gasteiger partial charge in [0.1, 0.15) is 18.3 Å². The number of aliphatic hydroxyl groups excluding tert-OH is 2. The maximum Gasteiger partial charge on any atom is 0.251 e. The Morgan fingerprint density at radius 3 is 2.52 bits per heavy atom. The van der Waals surface area contributed by atoms with Crippen LogP contribution in [-0.4, -0.2) is 85.3 Å². The smallest absolute Gasteiger partial charge is 0.251 e. The van der Waals surface area contributed by atoms with Gasteiger partial charge in [0.15, 0.2) is 0 Å². The molecular weight excluding hydrogens is 401 g/mol. The third kappa shape index (κ3) is 5.72. The van der Waals surface area contributed by atoms with Gasteiger partial charge in [-0.3, -0.25) is 15.0 Å². The highest BCUT2D eigenvalue weighted by atomic mass is 19.1. The van der Waals surface area contributed by atoms with Gasteiger partial charge in [-0.1, -0.05) is 0 Å². The maximum absolute atomic E-state index is 14.8. The molecule has 4 rings (SSSR count). The molecule has 172 valence electrons. The molecule has 0 aromatic heterocycles. The third-order valence-corrected chi connectivity index (χ3v) is 6.71. The Morgan fingerprint density at radius 2 is 1.84 bits per heavy atom. The van der Waals surface area contributed by atoms with Crippen molar-refractivity contribution < 1.29 is 19.4 Å². The molecule has 1 aromatic rings. The summed E-state index contributed by atoms with van der Waals surface area (Å²) in [4.78, 5) is 17.0. The van der Waals surface area contributed by atoms with E-state index in [0.717, 1.165) is 51.7 Å². The van der Waals surface area contributed by atoms with Crippen molar-refractivity contribution in [2.75, 3.05) is 50.7 Å². The van der Waals surface area contributed by atoms with E-state index in [1.807, 2.05) is 4.90 Å². The lowest BCUT2D eigenvalue weighted by Crippen LogP contribution is -2.56. The van der Waals surface area contributed by atoms with Gasteiger partial charge in [0, 0.05) is 38.3 Å². The van der Waals surface area contributed by atoms with Crippen LogP contribution in [0.25, 0.3) is 0 Å². The van der Waals surface area contributed by atoms with Crippen molar-refractivity contribution in [3.8, 4) is 0 Å². The molecule has 3 atom stereocenters. The number of piperidine rings is 2. The van der Waals surface area contributed by atoms with Crippen LogP contribution in [-0.2, 0) is 0 Å². The summed E-state index contributed by atoms with van der Waals surface area (Å²) in [6, 6.07) is 4.05. The van der Waals surface area contributed by atoms with Crippen molar-refractivity contribution in [3.05, 3.63) is 29.6 Å². The van der Waals surface area contributed by atoms with Crippen molar-refractivity contribution in [3.63, 3.8) is 0 Å². The number of aliphatic hydroxyl groups is 2. The van der Waals surface area contributed by atoms with E-state index in [-0.39, 0.29) is 5.56 Å². The average molecular weight is 436 g/mol. The Kier molecular flexibility index (Phi) is 7.39. The van der Waals surface area contributed by atoms with Crippen molar-refractivity contribution in [2.45, 2.75) is 44.2 Å². The Balaban J connectivity index is 1.30. The Labute approximate surface area is 182 Å². The van der Waals surface area contributed by atoms with Crippen LogP contribution < -0.4 is 20.9 Å². The van der Waals surface area contributed by atoms with Crippen molar-refractivity contribution in [1.82, 2.24) is 20.9 Å². The number of anilines is 1. The number of nitrogens with zero attached hydrogens (tertiary/aromatic N) is 2. The molecule has 3 fully saturated rings. The normalized spacial score (nSPS) is 28.5. The fraction of sp³-hybridized carbons (Fsp3) is 0.682. The second kappa shape index (κ2) is 10.2. The molecule has 1 amide bonds. The van der Waals surface area contributed by atoms with E-state index in [1.54, 1.807) is 12.1 Å². The van der Waals surface area contributed by atoms with E-state index >= 15 is 0 Å². The number of carbonyl (C=O) groups excluding carboxylic acids is 1. The van der Waals surface area contributed by atoms with Gasteiger partial charge in [-0.05, 0) is 62.9 Å². The van der Waals surface area contributed by atoms with Crippen LogP contribution in [0.15, 0.2) is 18.2 Å². The van der Waals surface area contributed by atoms with E-state index in [0.29, 0.717) is 18.5 Å². The van der Waals surface area contributed by atoms with Gasteiger partial charge >= 0.3 is 0 Å². The van der Waals surface area contributed by atoms with Gasteiger partial charge in [0.05, 0.1) is 11.7 Å². The summed E-state index contributed by atoms with van der Waals surface area (Å²) in [5, 5.41) is 28.2. The Bertz CT molecular complexity index is 753. The van der Waals surface area contributed by atoms with Gasteiger partial charge < -0.3 is 25.7 Å². The third-order valence-electron chi connectivity index (χ3n) is 6.71. The van der Waals surface area contributed by atoms with Crippen LogP contribution in [0.1, 0.15) is 36.0 Å². The highest BCUT2D eigenvalue weighted by Gasteiger charge is 2.29. The molecule has 3 heterocycles. The van der Waals surface area contributed by atoms with Crippen molar-refractivity contribution >= 4 is 11.6 Å². The predicted octanol–water partition coefficient (Wildman–Crippen LogP) is 0.0659. The molecule has 0 saturated carbocycles. The first-order valence-corrected chi connectivity index (χ1v) is 11.4. The van der Waals surface area contributed by atoms with E-state index in [1.165, 1.54) is 18.9 Å². The van der Waals surface area contributed by atoms with Crippen LogP contribution in [0, 0.1) is 11.7 Å². The molecule has 3 unspecified atom stereocenters. The average Bonchev–Trinajstić information content (AvgIpc) is 2.77. The number of amides is 1. The summed E-state index contributed by atoms with van der Waals surface area (Å²) in [5.74, 6) is -0.0832. The molecule has 8 nitrogen and oxygen atoms in total. The molecule has 31 heavy (non-hydrogen) atoms. The SMILES string of the molecule is O=C(NC1CCC(O)NC1O)c1ccc(N2CCN(CC3CCNCC3)CC2)c(F)c1. The highest BCUT2D eigenvalue weighted by molar-refractivity contribution is 5.94. The summed E-state index contributed by atoms with van der Waals surface area (Å²) in [6.07, 6.45) is 1.53. The molecular formula is C22H34FN5O3. The van der Waals surface area contributed by atoms with E-state index in [9.17, 15) is 19.4 Å². The summed E-state index contributed by atoms with van der Waals surface area (Å²) < 4.78 is 14.8. The number of piperazine rings is 1. The summed E-state index contributed by atoms with van der Waals surface area (Å²) in [7, 11) is 0. The molecule has 0 bridgehead atoms. The number of hydrogen-bond donors (Lipinski definition) is 5. The number of benzene rings is 1. The predicted molar refractivity (Wildman–Crippen MR) is 116 cm³/mol. The van der Waals surface area contributed by atoms with Gasteiger partial charge in [0.2, 0.25) is 0 Å². The lowest BCUT2D eigenvalue weighted by atomic mass is 9.97. The summed E-state index contributed by atoms with van der Waals surface area (Å²) in [6.45, 7) is 6.72. The second-order valence-electron chi connectivity index (χ2n) is 8.93. The van der Waals surface area contributed by atoms with Gasteiger partial charge in [-0.15, -0.1) is 0 Å². The Morgan fingerprint density at radius 1 is 1.10 bits per heavy atom. The van der Waals surface area contributed by atoms with Crippen LogP contribution in [0.5, 0.6) is 0 Å². The summed E-state index contributed by atoms with van der Waals surface area (Å²) >= 11 is 0. The minimum atomic E-state index is -1.03. The minimum Gasteiger partial charge on any atom is -0.379 e. The fourth-order valence-electron chi connectivity index (χ4n) is 4.80. The van der Waals surface area contributed by atoms with E-state index in [2.05, 4.69) is 20.9 Å². The zero-order chi connectivity index (χ0) is 21.8. The largest absolute Gasteiger partial charge is 0.379 e. The number of hydrogen-bond acceptors (Lipinski definition) is 7. The molecule has 5 N–H and O–H groups in total. The number of rotatable bonds is 5. The van der Waals surface area contributed by atoms with Gasteiger partial charge in [-0.2, -0.15) is 0 Å². The molecule has 0 radical (unpaired) electrons. The maximum atomic E-state index is 14.8. The van der Waals surface area contributed by atoms with E-state index < -0.39 is 30.2 Å². The molecule has 3 aliphatic rings. The van der Waals surface area contributed by atoms with E-state index in [4.69, 9.17) is 0 Å². The van der Waals surface area contributed by atoms with Crippen molar-refractivity contribution in [2.24, 2.45) is 5.92 Å². The topological polar surface area (TPSA) is 100 Å². The van der Waals surface area contributed by atoms with Crippen LogP contribution in [0.3, 0.4) is 0 Å². The quantitative estimate of drug-likeness (QED) is 0.446. The fourth-order valence-corrected chi connectivity index (χ4v) is 4.80. The van der Waals surface area contributed by atoms with Crippen LogP contribution >= 0.6 is 0 Å². The van der Waals surface area contributed by atoms with Gasteiger partial charge in [0.25, 0.3) is 5.91 Å². The molecule has 0 spiro atoms. The first-order chi connectivity index (χ1) is 15.0. The number of nitrogens with one attached hydrogen (secondary N) is 3. The number of carbonyl (C=O) groups is 1. The zero-order valence-electron chi connectivity index (χ0n) is 17.9. The monoisotopic (exact) mass is 435 g/mol. The molecule has 0 aliphatic carbocycles. The highest BCUT2D eigenvalue weighted by Crippen LogP contribution is 2.23. The first-order valence-electron chi connectivity index (χ1n) is 11.4. The van der Waals surface area contributed by atoms with Crippen LogP contribution in [0.2, 0.25) is 0 Å². The standard InChI is InChI=1S/C22H34FN5O3/c23-17-13-16(21(30)25-18-2-4-20(29)26-22(18)31)1-3-19(17)28-11-9-27(10-12-28)14-15-5-7-24-8-6-15/h1,3,13,15,18,20,22,24,26,29,31H,2,4-12,14H2,(H,25,30). The summed E-state index contributed by atoms with van der Waals surface area (Å²) in [5.41, 5.74) is 0.754.